The summed E-state index contributed by atoms with van der Waals surface area (Å²) >= 11 is 0. The van der Waals surface area contributed by atoms with Gasteiger partial charge in [-0.3, -0.25) is 9.59 Å². The molecule has 0 spiro atoms. The molecule has 0 heterocycles. The highest BCUT2D eigenvalue weighted by Crippen LogP contribution is 2.29. The zero-order chi connectivity index (χ0) is 24.7. The fourth-order valence-corrected chi connectivity index (χ4v) is 3.21. The number of methoxy groups -OCH3 is 1. The van der Waals surface area contributed by atoms with Crippen molar-refractivity contribution < 1.29 is 23.5 Å². The van der Waals surface area contributed by atoms with Crippen molar-refractivity contribution in [1.29, 1.82) is 0 Å². The Hall–Kier alpha value is -4.20. The van der Waals surface area contributed by atoms with Gasteiger partial charge in [-0.15, -0.1) is 0 Å². The van der Waals surface area contributed by atoms with Crippen LogP contribution in [0.4, 0.5) is 10.1 Å². The Kier molecular flexibility index (Phi) is 7.97. The zero-order valence-corrected chi connectivity index (χ0v) is 19.4. The molecule has 2 N–H and O–H groups in total. The topological polar surface area (TPSA) is 89.0 Å². The summed E-state index contributed by atoms with van der Waals surface area (Å²) in [5, 5.41) is 6.64. The van der Waals surface area contributed by atoms with Crippen LogP contribution in [0.25, 0.3) is 0 Å². The first-order valence-corrected chi connectivity index (χ1v) is 10.6. The van der Waals surface area contributed by atoms with E-state index in [1.54, 1.807) is 43.3 Å². The Balaban J connectivity index is 1.65. The first-order valence-electron chi connectivity index (χ1n) is 10.6. The summed E-state index contributed by atoms with van der Waals surface area (Å²) in [4.78, 5) is 24.5. The van der Waals surface area contributed by atoms with Gasteiger partial charge in [-0.1, -0.05) is 36.4 Å². The maximum atomic E-state index is 13.8. The standard InChI is InChI=1S/C26H26FN3O4/c1-16-8-7-9-17(2)24(16)28-25(31)26(32)30-29-18(3)19-12-13-22(23(14-19)33-4)34-15-20-10-5-6-11-21(20)27/h5-14H,15H2,1-4H3,(H,28,31)(H,30,32)/b29-18+. The van der Waals surface area contributed by atoms with Crippen molar-refractivity contribution in [3.8, 4) is 11.5 Å². The highest BCUT2D eigenvalue weighted by molar-refractivity contribution is 6.39. The Bertz CT molecular complexity index is 1220. The first-order chi connectivity index (χ1) is 16.3. The van der Waals surface area contributed by atoms with Crippen LogP contribution in [0.1, 0.15) is 29.2 Å². The molecule has 0 fully saturated rings. The number of hydrazone groups is 1. The minimum absolute atomic E-state index is 0.0426. The first kappa shape index (κ1) is 24.4. The van der Waals surface area contributed by atoms with Crippen LogP contribution in [0.15, 0.2) is 65.8 Å². The molecule has 3 aromatic carbocycles. The molecule has 0 radical (unpaired) electrons. The Morgan fingerprint density at radius 2 is 1.65 bits per heavy atom. The van der Waals surface area contributed by atoms with Crippen LogP contribution in [0.3, 0.4) is 0 Å². The van der Waals surface area contributed by atoms with Crippen molar-refractivity contribution in [2.75, 3.05) is 12.4 Å². The minimum Gasteiger partial charge on any atom is -0.493 e. The molecule has 34 heavy (non-hydrogen) atoms. The third-order valence-electron chi connectivity index (χ3n) is 5.17. The molecule has 0 bridgehead atoms. The van der Waals surface area contributed by atoms with Gasteiger partial charge >= 0.3 is 11.8 Å². The van der Waals surface area contributed by atoms with Gasteiger partial charge in [0.25, 0.3) is 0 Å². The normalized spacial score (nSPS) is 11.0. The molecule has 7 nitrogen and oxygen atoms in total. The second-order valence-electron chi connectivity index (χ2n) is 7.60. The summed E-state index contributed by atoms with van der Waals surface area (Å²) in [6.45, 7) is 5.42. The number of aryl methyl sites for hydroxylation is 2. The lowest BCUT2D eigenvalue weighted by Gasteiger charge is -2.13. The van der Waals surface area contributed by atoms with Gasteiger partial charge in [0, 0.05) is 16.8 Å². The number of rotatable bonds is 7. The van der Waals surface area contributed by atoms with Crippen LogP contribution in [-0.4, -0.2) is 24.6 Å². The number of hydrogen-bond acceptors (Lipinski definition) is 5. The quantitative estimate of drug-likeness (QED) is 0.307. The number of anilines is 1. The minimum atomic E-state index is -0.890. The molecule has 2 amide bonds. The van der Waals surface area contributed by atoms with Gasteiger partial charge in [0.2, 0.25) is 0 Å². The van der Waals surface area contributed by atoms with Gasteiger partial charge in [0.15, 0.2) is 11.5 Å². The van der Waals surface area contributed by atoms with Gasteiger partial charge in [0.1, 0.15) is 12.4 Å². The molecule has 0 saturated heterocycles. The maximum absolute atomic E-state index is 13.8. The number of hydrogen-bond donors (Lipinski definition) is 2. The van der Waals surface area contributed by atoms with E-state index in [2.05, 4.69) is 15.8 Å². The maximum Gasteiger partial charge on any atom is 0.329 e. The Labute approximate surface area is 197 Å². The summed E-state index contributed by atoms with van der Waals surface area (Å²) in [6.07, 6.45) is 0. The lowest BCUT2D eigenvalue weighted by Crippen LogP contribution is -2.33. The lowest BCUT2D eigenvalue weighted by atomic mass is 10.1. The van der Waals surface area contributed by atoms with Crippen molar-refractivity contribution in [3.63, 3.8) is 0 Å². The third-order valence-corrected chi connectivity index (χ3v) is 5.17. The summed E-state index contributed by atoms with van der Waals surface area (Å²) < 4.78 is 24.9. The second-order valence-corrected chi connectivity index (χ2v) is 7.60. The van der Waals surface area contributed by atoms with Gasteiger partial charge in [-0.2, -0.15) is 5.10 Å². The summed E-state index contributed by atoms with van der Waals surface area (Å²) in [5.41, 5.74) is 6.09. The highest BCUT2D eigenvalue weighted by atomic mass is 19.1. The van der Waals surface area contributed by atoms with Crippen LogP contribution in [0.5, 0.6) is 11.5 Å². The number of benzene rings is 3. The number of carbonyl (C=O) groups is 2. The van der Waals surface area contributed by atoms with E-state index in [1.807, 2.05) is 32.0 Å². The van der Waals surface area contributed by atoms with E-state index in [0.717, 1.165) is 11.1 Å². The van der Waals surface area contributed by atoms with E-state index in [4.69, 9.17) is 9.47 Å². The molecule has 0 unspecified atom stereocenters. The zero-order valence-electron chi connectivity index (χ0n) is 19.4. The van der Waals surface area contributed by atoms with Crippen molar-refractivity contribution in [2.45, 2.75) is 27.4 Å². The summed E-state index contributed by atoms with van der Waals surface area (Å²) in [5.74, 6) is -1.21. The molecule has 0 aliphatic heterocycles. The van der Waals surface area contributed by atoms with E-state index >= 15 is 0 Å². The van der Waals surface area contributed by atoms with Crippen molar-refractivity contribution >= 4 is 23.2 Å². The second kappa shape index (κ2) is 11.1. The van der Waals surface area contributed by atoms with E-state index in [9.17, 15) is 14.0 Å². The molecule has 8 heteroatoms. The SMILES string of the molecule is COc1cc(/C(C)=N/NC(=O)C(=O)Nc2c(C)cccc2C)ccc1OCc1ccccc1F. The smallest absolute Gasteiger partial charge is 0.329 e. The van der Waals surface area contributed by atoms with Crippen LogP contribution < -0.4 is 20.2 Å². The lowest BCUT2D eigenvalue weighted by molar-refractivity contribution is -0.136. The predicted octanol–water partition coefficient (Wildman–Crippen LogP) is 4.51. The molecular formula is C26H26FN3O4. The van der Waals surface area contributed by atoms with Crippen LogP contribution in [0.2, 0.25) is 0 Å². The van der Waals surface area contributed by atoms with Gasteiger partial charge in [0.05, 0.1) is 12.8 Å². The van der Waals surface area contributed by atoms with Gasteiger partial charge < -0.3 is 14.8 Å². The number of nitrogens with zero attached hydrogens (tertiary/aromatic N) is 1. The predicted molar refractivity (Wildman–Crippen MR) is 129 cm³/mol. The third kappa shape index (κ3) is 5.98. The summed E-state index contributed by atoms with van der Waals surface area (Å²) in [7, 11) is 1.49. The molecule has 0 aliphatic carbocycles. The van der Waals surface area contributed by atoms with E-state index in [1.165, 1.54) is 13.2 Å². The number of amides is 2. The summed E-state index contributed by atoms with van der Waals surface area (Å²) in [6, 6.07) is 17.0. The van der Waals surface area contributed by atoms with Crippen LogP contribution >= 0.6 is 0 Å². The van der Waals surface area contributed by atoms with Gasteiger partial charge in [-0.25, -0.2) is 9.82 Å². The average molecular weight is 464 g/mol. The molecule has 0 saturated carbocycles. The molecule has 3 rings (SSSR count). The van der Waals surface area contributed by atoms with Crippen molar-refractivity contribution in [1.82, 2.24) is 5.43 Å². The molecular weight excluding hydrogens is 437 g/mol. The van der Waals surface area contributed by atoms with Crippen molar-refractivity contribution in [2.24, 2.45) is 5.10 Å². The number of nitrogens with one attached hydrogen (secondary N) is 2. The molecule has 3 aromatic rings. The van der Waals surface area contributed by atoms with Crippen LogP contribution in [0, 0.1) is 19.7 Å². The largest absolute Gasteiger partial charge is 0.493 e. The molecule has 0 atom stereocenters. The number of carbonyl (C=O) groups excluding carboxylic acids is 2. The molecule has 0 aromatic heterocycles. The molecule has 0 aliphatic rings. The van der Waals surface area contributed by atoms with Crippen molar-refractivity contribution in [3.05, 3.63) is 88.7 Å². The number of halogens is 1. The fourth-order valence-electron chi connectivity index (χ4n) is 3.21. The highest BCUT2D eigenvalue weighted by Gasteiger charge is 2.16. The monoisotopic (exact) mass is 463 g/mol. The van der Waals surface area contributed by atoms with Gasteiger partial charge in [-0.05, 0) is 56.2 Å². The molecule has 176 valence electrons. The number of ether oxygens (including phenoxy) is 2. The average Bonchev–Trinajstić information content (AvgIpc) is 2.83. The van der Waals surface area contributed by atoms with E-state index in [-0.39, 0.29) is 12.4 Å². The Morgan fingerprint density at radius 3 is 2.32 bits per heavy atom. The Morgan fingerprint density at radius 1 is 0.941 bits per heavy atom. The fraction of sp³-hybridized carbons (Fsp3) is 0.192. The van der Waals surface area contributed by atoms with E-state index in [0.29, 0.717) is 34.0 Å². The van der Waals surface area contributed by atoms with E-state index < -0.39 is 11.8 Å². The van der Waals surface area contributed by atoms with Crippen LogP contribution in [-0.2, 0) is 16.2 Å². The number of para-hydroxylation sites is 1.